The quantitative estimate of drug-likeness (QED) is 0.697. The van der Waals surface area contributed by atoms with Crippen LogP contribution in [0.1, 0.15) is 49.7 Å². The zero-order chi connectivity index (χ0) is 10.3. The van der Waals surface area contributed by atoms with E-state index in [1.54, 1.807) is 0 Å². The number of hydrogen-bond acceptors (Lipinski definition) is 3. The van der Waals surface area contributed by atoms with Crippen molar-refractivity contribution in [2.45, 2.75) is 51.0 Å². The predicted octanol–water partition coefficient (Wildman–Crippen LogP) is 1.45. The van der Waals surface area contributed by atoms with Gasteiger partial charge in [0.2, 0.25) is 0 Å². The lowest BCUT2D eigenvalue weighted by Crippen LogP contribution is -2.21. The fourth-order valence-electron chi connectivity index (χ4n) is 2.71. The molecule has 0 atom stereocenters. The van der Waals surface area contributed by atoms with Gasteiger partial charge in [0.1, 0.15) is 17.4 Å². The van der Waals surface area contributed by atoms with E-state index in [0.29, 0.717) is 24.5 Å². The molecule has 0 spiro atoms. The van der Waals surface area contributed by atoms with Gasteiger partial charge in [0.25, 0.3) is 0 Å². The fourth-order valence-corrected chi connectivity index (χ4v) is 2.71. The van der Waals surface area contributed by atoms with Crippen LogP contribution in [0.15, 0.2) is 0 Å². The van der Waals surface area contributed by atoms with Crippen molar-refractivity contribution in [2.75, 3.05) is 0 Å². The van der Waals surface area contributed by atoms with E-state index >= 15 is 0 Å². The molecule has 1 aromatic heterocycles. The van der Waals surface area contributed by atoms with Crippen LogP contribution in [0.4, 0.5) is 0 Å². The van der Waals surface area contributed by atoms with Crippen molar-refractivity contribution in [3.8, 4) is 0 Å². The Labute approximate surface area is 88.7 Å². The molecule has 1 saturated carbocycles. The number of carbonyl (C=O) groups excluding carboxylic acids is 1. The Kier molecular flexibility index (Phi) is 2.08. The summed E-state index contributed by atoms with van der Waals surface area (Å²) in [5.41, 5.74) is 0. The Balaban J connectivity index is 1.93. The van der Waals surface area contributed by atoms with E-state index in [2.05, 4.69) is 14.8 Å². The lowest BCUT2D eigenvalue weighted by atomic mass is 10.1. The molecule has 0 radical (unpaired) electrons. The summed E-state index contributed by atoms with van der Waals surface area (Å²) in [6.07, 6.45) is 6.25. The van der Waals surface area contributed by atoms with E-state index in [9.17, 15) is 4.79 Å². The van der Waals surface area contributed by atoms with E-state index in [4.69, 9.17) is 0 Å². The summed E-state index contributed by atoms with van der Waals surface area (Å²) in [5.74, 6) is 2.91. The van der Waals surface area contributed by atoms with Crippen molar-refractivity contribution in [1.82, 2.24) is 14.8 Å². The lowest BCUT2D eigenvalue weighted by molar-refractivity contribution is -0.119. The van der Waals surface area contributed by atoms with Gasteiger partial charge in [-0.25, -0.2) is 0 Å². The third-order valence-electron chi connectivity index (χ3n) is 3.55. The molecule has 2 aliphatic rings. The topological polar surface area (TPSA) is 47.8 Å². The molecule has 0 bridgehead atoms. The van der Waals surface area contributed by atoms with Crippen LogP contribution in [0.3, 0.4) is 0 Å². The standard InChI is InChI=1S/C11H15N3O/c15-9-5-6-14-10(7-9)12-13-11(14)8-3-1-2-4-8/h8H,1-7H2. The lowest BCUT2D eigenvalue weighted by Gasteiger charge is -2.16. The number of carbonyl (C=O) groups is 1. The first-order valence-electron chi connectivity index (χ1n) is 5.78. The number of fused-ring (bicyclic) bond motifs is 1. The van der Waals surface area contributed by atoms with Crippen molar-refractivity contribution < 1.29 is 4.79 Å². The zero-order valence-corrected chi connectivity index (χ0v) is 8.78. The van der Waals surface area contributed by atoms with Crippen LogP contribution < -0.4 is 0 Å². The van der Waals surface area contributed by atoms with Gasteiger partial charge in [-0.2, -0.15) is 0 Å². The molecule has 1 aliphatic carbocycles. The fraction of sp³-hybridized carbons (Fsp3) is 0.727. The summed E-state index contributed by atoms with van der Waals surface area (Å²) in [5, 5.41) is 8.42. The van der Waals surface area contributed by atoms with Gasteiger partial charge in [0.15, 0.2) is 0 Å². The minimum atomic E-state index is 0.299. The number of aromatic nitrogens is 3. The second-order valence-corrected chi connectivity index (χ2v) is 4.57. The minimum absolute atomic E-state index is 0.299. The number of Topliss-reactive ketones (excluding diaryl/α,β-unsaturated/α-hetero) is 1. The van der Waals surface area contributed by atoms with Crippen LogP contribution in [0.2, 0.25) is 0 Å². The average molecular weight is 205 g/mol. The first-order valence-corrected chi connectivity index (χ1v) is 5.78. The molecule has 1 fully saturated rings. The summed E-state index contributed by atoms with van der Waals surface area (Å²) in [6, 6.07) is 0. The van der Waals surface area contributed by atoms with Crippen LogP contribution in [0, 0.1) is 0 Å². The van der Waals surface area contributed by atoms with Crippen LogP contribution in [0.5, 0.6) is 0 Å². The highest BCUT2D eigenvalue weighted by Gasteiger charge is 2.27. The monoisotopic (exact) mass is 205 g/mol. The molecule has 0 aromatic carbocycles. The molecule has 0 saturated heterocycles. The van der Waals surface area contributed by atoms with Gasteiger partial charge in [-0.05, 0) is 12.8 Å². The zero-order valence-electron chi connectivity index (χ0n) is 8.78. The Bertz CT molecular complexity index is 391. The first-order chi connectivity index (χ1) is 7.34. The smallest absolute Gasteiger partial charge is 0.142 e. The highest BCUT2D eigenvalue weighted by Crippen LogP contribution is 2.33. The van der Waals surface area contributed by atoms with Crippen molar-refractivity contribution >= 4 is 5.78 Å². The molecule has 4 nitrogen and oxygen atoms in total. The van der Waals surface area contributed by atoms with Crippen LogP contribution in [-0.2, 0) is 17.8 Å². The van der Waals surface area contributed by atoms with Gasteiger partial charge in [-0.15, -0.1) is 10.2 Å². The maximum atomic E-state index is 11.3. The molecule has 0 amide bonds. The summed E-state index contributed by atoms with van der Waals surface area (Å²) >= 11 is 0. The molecule has 0 unspecified atom stereocenters. The second kappa shape index (κ2) is 3.43. The van der Waals surface area contributed by atoms with E-state index in [0.717, 1.165) is 18.2 Å². The average Bonchev–Trinajstić information content (AvgIpc) is 2.82. The number of hydrogen-bond donors (Lipinski definition) is 0. The maximum Gasteiger partial charge on any atom is 0.142 e. The SMILES string of the molecule is O=C1CCn2c(nnc2C2CCCC2)C1. The van der Waals surface area contributed by atoms with Gasteiger partial charge in [-0.1, -0.05) is 12.8 Å². The van der Waals surface area contributed by atoms with Gasteiger partial charge in [0.05, 0.1) is 6.42 Å². The Morgan fingerprint density at radius 2 is 2.00 bits per heavy atom. The Hall–Kier alpha value is -1.19. The number of rotatable bonds is 1. The van der Waals surface area contributed by atoms with E-state index in [-0.39, 0.29) is 0 Å². The summed E-state index contributed by atoms with van der Waals surface area (Å²) in [4.78, 5) is 11.3. The minimum Gasteiger partial charge on any atom is -0.314 e. The van der Waals surface area contributed by atoms with Gasteiger partial charge in [-0.3, -0.25) is 4.79 Å². The van der Waals surface area contributed by atoms with Crippen LogP contribution >= 0.6 is 0 Å². The molecule has 15 heavy (non-hydrogen) atoms. The summed E-state index contributed by atoms with van der Waals surface area (Å²) in [7, 11) is 0. The van der Waals surface area contributed by atoms with Crippen molar-refractivity contribution in [3.63, 3.8) is 0 Å². The molecular formula is C11H15N3O. The first kappa shape index (κ1) is 9.07. The van der Waals surface area contributed by atoms with Crippen molar-refractivity contribution in [1.29, 1.82) is 0 Å². The summed E-state index contributed by atoms with van der Waals surface area (Å²) < 4.78 is 2.18. The third-order valence-corrected chi connectivity index (χ3v) is 3.55. The van der Waals surface area contributed by atoms with Gasteiger partial charge >= 0.3 is 0 Å². The highest BCUT2D eigenvalue weighted by molar-refractivity contribution is 5.80. The molecule has 4 heteroatoms. The van der Waals surface area contributed by atoms with Gasteiger partial charge < -0.3 is 4.57 Å². The Morgan fingerprint density at radius 3 is 2.80 bits per heavy atom. The molecule has 1 aliphatic heterocycles. The van der Waals surface area contributed by atoms with Crippen LogP contribution in [-0.4, -0.2) is 20.5 Å². The maximum absolute atomic E-state index is 11.3. The van der Waals surface area contributed by atoms with E-state index < -0.39 is 0 Å². The van der Waals surface area contributed by atoms with Crippen LogP contribution in [0.25, 0.3) is 0 Å². The van der Waals surface area contributed by atoms with Crippen molar-refractivity contribution in [3.05, 3.63) is 11.6 Å². The largest absolute Gasteiger partial charge is 0.314 e. The van der Waals surface area contributed by atoms with E-state index in [1.165, 1.54) is 25.7 Å². The Morgan fingerprint density at radius 1 is 1.20 bits per heavy atom. The molecular weight excluding hydrogens is 190 g/mol. The predicted molar refractivity (Wildman–Crippen MR) is 54.6 cm³/mol. The molecule has 80 valence electrons. The van der Waals surface area contributed by atoms with Gasteiger partial charge in [0, 0.05) is 18.9 Å². The van der Waals surface area contributed by atoms with Crippen molar-refractivity contribution in [2.24, 2.45) is 0 Å². The second-order valence-electron chi connectivity index (χ2n) is 4.57. The van der Waals surface area contributed by atoms with E-state index in [1.807, 2.05) is 0 Å². The molecule has 3 rings (SSSR count). The summed E-state index contributed by atoms with van der Waals surface area (Å²) in [6.45, 7) is 0.799. The normalized spacial score (nSPS) is 22.0. The number of ketones is 1. The third kappa shape index (κ3) is 1.48. The highest BCUT2D eigenvalue weighted by atomic mass is 16.1. The molecule has 0 N–H and O–H groups in total. The number of nitrogens with zero attached hydrogens (tertiary/aromatic N) is 3. The molecule has 2 heterocycles. The molecule has 1 aromatic rings.